The number of carbonyl (C=O) groups excluding carboxylic acids is 2. The van der Waals surface area contributed by atoms with E-state index in [2.05, 4.69) is 10.6 Å². The SMILES string of the molecule is CSc1ccccc1NC(=O)CCN(C)CC(=O)Nc1ccccc1C(F)(F)F. The number of amides is 2. The second-order valence-corrected chi connectivity index (χ2v) is 7.18. The molecule has 29 heavy (non-hydrogen) atoms. The second kappa shape index (κ2) is 10.3. The van der Waals surface area contributed by atoms with Gasteiger partial charge in [-0.25, -0.2) is 0 Å². The normalized spacial score (nSPS) is 11.4. The van der Waals surface area contributed by atoms with Crippen LogP contribution in [0.25, 0.3) is 0 Å². The lowest BCUT2D eigenvalue weighted by atomic mass is 10.1. The minimum absolute atomic E-state index is 0.138. The van der Waals surface area contributed by atoms with E-state index in [4.69, 9.17) is 0 Å². The molecule has 9 heteroatoms. The number of carbonyl (C=O) groups is 2. The molecular formula is C20H22F3N3O2S. The van der Waals surface area contributed by atoms with Crippen LogP contribution in [0.2, 0.25) is 0 Å². The van der Waals surface area contributed by atoms with Gasteiger partial charge in [0.15, 0.2) is 0 Å². The fourth-order valence-corrected chi connectivity index (χ4v) is 3.16. The Balaban J connectivity index is 1.84. The zero-order valence-corrected chi connectivity index (χ0v) is 16.9. The van der Waals surface area contributed by atoms with Crippen LogP contribution in [0.4, 0.5) is 24.5 Å². The molecule has 0 saturated carbocycles. The highest BCUT2D eigenvalue weighted by atomic mass is 32.2. The van der Waals surface area contributed by atoms with E-state index in [0.717, 1.165) is 11.0 Å². The number of likely N-dealkylation sites (N-methyl/N-ethyl adjacent to an activating group) is 1. The number of nitrogens with zero attached hydrogens (tertiary/aromatic N) is 1. The van der Waals surface area contributed by atoms with Crippen molar-refractivity contribution in [2.45, 2.75) is 17.5 Å². The van der Waals surface area contributed by atoms with E-state index >= 15 is 0 Å². The number of hydrogen-bond acceptors (Lipinski definition) is 4. The molecule has 0 saturated heterocycles. The molecule has 0 unspecified atom stereocenters. The fraction of sp³-hybridized carbons (Fsp3) is 0.300. The molecule has 2 amide bonds. The van der Waals surface area contributed by atoms with Gasteiger partial charge in [-0.1, -0.05) is 24.3 Å². The number of alkyl halides is 3. The Bertz CT molecular complexity index is 859. The highest BCUT2D eigenvalue weighted by molar-refractivity contribution is 7.98. The van der Waals surface area contributed by atoms with E-state index in [1.165, 1.54) is 30.0 Å². The third kappa shape index (κ3) is 7.10. The zero-order chi connectivity index (χ0) is 21.4. The quantitative estimate of drug-likeness (QED) is 0.618. The van der Waals surface area contributed by atoms with Crippen LogP contribution in [0.5, 0.6) is 0 Å². The average molecular weight is 425 g/mol. The molecule has 0 bridgehead atoms. The molecular weight excluding hydrogens is 403 g/mol. The van der Waals surface area contributed by atoms with Gasteiger partial charge < -0.3 is 10.6 Å². The Hall–Kier alpha value is -2.52. The molecule has 0 heterocycles. The number of benzene rings is 2. The van der Waals surface area contributed by atoms with Gasteiger partial charge in [-0.3, -0.25) is 14.5 Å². The zero-order valence-electron chi connectivity index (χ0n) is 16.0. The van der Waals surface area contributed by atoms with Crippen LogP contribution in [-0.4, -0.2) is 43.1 Å². The van der Waals surface area contributed by atoms with Gasteiger partial charge in [0.25, 0.3) is 0 Å². The predicted octanol–water partition coefficient (Wildman–Crippen LogP) is 4.33. The Morgan fingerprint density at radius 1 is 0.966 bits per heavy atom. The van der Waals surface area contributed by atoms with Gasteiger partial charge in [-0.2, -0.15) is 13.2 Å². The van der Waals surface area contributed by atoms with Gasteiger partial charge in [-0.05, 0) is 37.6 Å². The maximum atomic E-state index is 13.0. The number of nitrogens with one attached hydrogen (secondary N) is 2. The monoisotopic (exact) mass is 425 g/mol. The maximum Gasteiger partial charge on any atom is 0.418 e. The summed E-state index contributed by atoms with van der Waals surface area (Å²) in [7, 11) is 1.62. The predicted molar refractivity (Wildman–Crippen MR) is 109 cm³/mol. The first-order valence-corrected chi connectivity index (χ1v) is 10.0. The molecule has 0 aliphatic heterocycles. The van der Waals surface area contributed by atoms with Crippen molar-refractivity contribution in [2.24, 2.45) is 0 Å². The average Bonchev–Trinajstić information content (AvgIpc) is 2.66. The molecule has 5 nitrogen and oxygen atoms in total. The van der Waals surface area contributed by atoms with E-state index < -0.39 is 17.6 Å². The van der Waals surface area contributed by atoms with Gasteiger partial charge >= 0.3 is 6.18 Å². The van der Waals surface area contributed by atoms with Crippen LogP contribution in [0.1, 0.15) is 12.0 Å². The number of hydrogen-bond donors (Lipinski definition) is 2. The molecule has 0 atom stereocenters. The summed E-state index contributed by atoms with van der Waals surface area (Å²) in [6.07, 6.45) is -2.50. The van der Waals surface area contributed by atoms with Crippen LogP contribution in [0, 0.1) is 0 Å². The Morgan fingerprint density at radius 2 is 1.55 bits per heavy atom. The van der Waals surface area contributed by atoms with Crippen molar-refractivity contribution < 1.29 is 22.8 Å². The first-order chi connectivity index (χ1) is 13.7. The van der Waals surface area contributed by atoms with Crippen molar-refractivity contribution in [1.29, 1.82) is 0 Å². The Kier molecular flexibility index (Phi) is 8.10. The molecule has 0 aliphatic carbocycles. The van der Waals surface area contributed by atoms with Crippen LogP contribution in [0.15, 0.2) is 53.4 Å². The molecule has 0 aromatic heterocycles. The van der Waals surface area contributed by atoms with Crippen LogP contribution >= 0.6 is 11.8 Å². The molecule has 2 N–H and O–H groups in total. The van der Waals surface area contributed by atoms with Gasteiger partial charge in [-0.15, -0.1) is 11.8 Å². The molecule has 2 aromatic rings. The van der Waals surface area contributed by atoms with Gasteiger partial charge in [0, 0.05) is 17.9 Å². The number of anilines is 2. The summed E-state index contributed by atoms with van der Waals surface area (Å²) in [6.45, 7) is 0.141. The van der Waals surface area contributed by atoms with Gasteiger partial charge in [0.05, 0.1) is 23.5 Å². The van der Waals surface area contributed by atoms with Crippen LogP contribution < -0.4 is 10.6 Å². The molecule has 0 fully saturated rings. The topological polar surface area (TPSA) is 61.4 Å². The summed E-state index contributed by atoms with van der Waals surface area (Å²) < 4.78 is 39.0. The lowest BCUT2D eigenvalue weighted by Crippen LogP contribution is -2.33. The summed E-state index contributed by atoms with van der Waals surface area (Å²) in [4.78, 5) is 26.8. The van der Waals surface area contributed by atoms with Gasteiger partial charge in [0.1, 0.15) is 0 Å². The van der Waals surface area contributed by atoms with E-state index in [0.29, 0.717) is 5.69 Å². The van der Waals surface area contributed by atoms with Crippen LogP contribution in [0.3, 0.4) is 0 Å². The van der Waals surface area contributed by atoms with Crippen molar-refractivity contribution in [3.05, 3.63) is 54.1 Å². The molecule has 0 aliphatic rings. The number of halogens is 3. The molecule has 0 radical (unpaired) electrons. The Morgan fingerprint density at radius 3 is 2.21 bits per heavy atom. The third-order valence-corrected chi connectivity index (χ3v) is 4.82. The molecule has 2 rings (SSSR count). The third-order valence-electron chi connectivity index (χ3n) is 4.02. The first kappa shape index (κ1) is 22.8. The van der Waals surface area contributed by atoms with E-state index in [-0.39, 0.29) is 31.1 Å². The fourth-order valence-electron chi connectivity index (χ4n) is 2.61. The van der Waals surface area contributed by atoms with Crippen LogP contribution in [-0.2, 0) is 15.8 Å². The lowest BCUT2D eigenvalue weighted by Gasteiger charge is -2.18. The number of para-hydroxylation sites is 2. The number of thioether (sulfide) groups is 1. The number of rotatable bonds is 8. The minimum atomic E-state index is -4.55. The van der Waals surface area contributed by atoms with E-state index in [1.807, 2.05) is 24.5 Å². The second-order valence-electron chi connectivity index (χ2n) is 6.33. The largest absolute Gasteiger partial charge is 0.418 e. The molecule has 156 valence electrons. The van der Waals surface area contributed by atoms with E-state index in [9.17, 15) is 22.8 Å². The van der Waals surface area contributed by atoms with Gasteiger partial charge in [0.2, 0.25) is 11.8 Å². The smallest absolute Gasteiger partial charge is 0.325 e. The summed E-state index contributed by atoms with van der Waals surface area (Å²) in [5, 5.41) is 5.11. The highest BCUT2D eigenvalue weighted by Crippen LogP contribution is 2.34. The summed E-state index contributed by atoms with van der Waals surface area (Å²) >= 11 is 1.52. The van der Waals surface area contributed by atoms with Crippen molar-refractivity contribution in [1.82, 2.24) is 4.90 Å². The molecule has 0 spiro atoms. The summed E-state index contributed by atoms with van der Waals surface area (Å²) in [5.74, 6) is -0.793. The van der Waals surface area contributed by atoms with E-state index in [1.54, 1.807) is 18.0 Å². The van der Waals surface area contributed by atoms with Crippen molar-refractivity contribution in [3.8, 4) is 0 Å². The summed E-state index contributed by atoms with van der Waals surface area (Å²) in [5.41, 5.74) is -0.471. The Labute approximate surface area is 171 Å². The van der Waals surface area contributed by atoms with Crippen molar-refractivity contribution in [2.75, 3.05) is 37.0 Å². The highest BCUT2D eigenvalue weighted by Gasteiger charge is 2.33. The first-order valence-electron chi connectivity index (χ1n) is 8.78. The van der Waals surface area contributed by atoms with Crippen molar-refractivity contribution in [3.63, 3.8) is 0 Å². The lowest BCUT2D eigenvalue weighted by molar-refractivity contribution is -0.137. The maximum absolute atomic E-state index is 13.0. The minimum Gasteiger partial charge on any atom is -0.325 e. The summed E-state index contributed by atoms with van der Waals surface area (Å²) in [6, 6.07) is 12.2. The standard InChI is InChI=1S/C20H22F3N3O2S/c1-26(12-11-18(27)25-16-9-5-6-10-17(16)29-2)13-19(28)24-15-8-4-3-7-14(15)20(21,22)23/h3-10H,11-13H2,1-2H3,(H,24,28)(H,25,27). The van der Waals surface area contributed by atoms with Crippen molar-refractivity contribution >= 4 is 35.0 Å². The molecule has 2 aromatic carbocycles.